The maximum Gasteiger partial charge on any atom is 0.231 e. The van der Waals surface area contributed by atoms with Gasteiger partial charge in [-0.2, -0.15) is 4.98 Å². The smallest absolute Gasteiger partial charge is 0.231 e. The Balaban J connectivity index is 1.35. The molecule has 30 heavy (non-hydrogen) atoms. The van der Waals surface area contributed by atoms with Crippen LogP contribution in [-0.4, -0.2) is 23.2 Å². The Hall–Kier alpha value is -3.15. The molecule has 0 unspecified atom stereocenters. The number of carbonyl (C=O) groups is 1. The van der Waals surface area contributed by atoms with Crippen molar-refractivity contribution in [1.82, 2.24) is 15.5 Å². The van der Waals surface area contributed by atoms with Crippen molar-refractivity contribution in [3.8, 4) is 17.1 Å². The summed E-state index contributed by atoms with van der Waals surface area (Å²) in [5, 5.41) is 7.32. The van der Waals surface area contributed by atoms with E-state index < -0.39 is 0 Å². The summed E-state index contributed by atoms with van der Waals surface area (Å²) in [6.45, 7) is 0.447. The van der Waals surface area contributed by atoms with Crippen LogP contribution in [0.15, 0.2) is 59.1 Å². The molecule has 2 saturated carbocycles. The number of hydrogen-bond acceptors (Lipinski definition) is 5. The van der Waals surface area contributed by atoms with Gasteiger partial charge in [0.25, 0.3) is 0 Å². The quantitative estimate of drug-likeness (QED) is 0.668. The predicted octanol–water partition coefficient (Wildman–Crippen LogP) is 4.19. The van der Waals surface area contributed by atoms with Crippen molar-refractivity contribution >= 4 is 5.91 Å². The van der Waals surface area contributed by atoms with E-state index >= 15 is 0 Å². The summed E-state index contributed by atoms with van der Waals surface area (Å²) in [4.78, 5) is 17.9. The number of benzene rings is 2. The van der Waals surface area contributed by atoms with Crippen LogP contribution in [0.4, 0.5) is 0 Å². The molecule has 6 nitrogen and oxygen atoms in total. The summed E-state index contributed by atoms with van der Waals surface area (Å²) < 4.78 is 11.1. The van der Waals surface area contributed by atoms with Crippen LogP contribution < -0.4 is 10.1 Å². The highest BCUT2D eigenvalue weighted by atomic mass is 16.5. The number of amides is 1. The Morgan fingerprint density at radius 1 is 1.10 bits per heavy atom. The molecular weight excluding hydrogens is 378 g/mol. The summed E-state index contributed by atoms with van der Waals surface area (Å²) in [5.74, 6) is 2.71. The normalized spacial score (nSPS) is 24.7. The predicted molar refractivity (Wildman–Crippen MR) is 112 cm³/mol. The van der Waals surface area contributed by atoms with Gasteiger partial charge < -0.3 is 14.6 Å². The first-order valence-corrected chi connectivity index (χ1v) is 10.5. The second-order valence-corrected chi connectivity index (χ2v) is 8.24. The maximum atomic E-state index is 13.2. The third-order valence-electron chi connectivity index (χ3n) is 6.62. The average Bonchev–Trinajstić information content (AvgIpc) is 3.54. The minimum absolute atomic E-state index is 0.00798. The third-order valence-corrected chi connectivity index (χ3v) is 6.62. The molecule has 0 saturated heterocycles. The fourth-order valence-electron chi connectivity index (χ4n) is 5.25. The van der Waals surface area contributed by atoms with E-state index in [9.17, 15) is 4.79 Å². The fraction of sp³-hybridized carbons (Fsp3) is 0.375. The summed E-state index contributed by atoms with van der Waals surface area (Å²) >= 11 is 0. The molecule has 2 aliphatic rings. The van der Waals surface area contributed by atoms with Gasteiger partial charge in [-0.25, -0.2) is 0 Å². The SMILES string of the molecule is COc1ccccc1CNC(=O)[C@H]1[C@H]2CC[C@H](C2)[C@@H]1c1nc(-c2ccccc2)no1. The zero-order chi connectivity index (χ0) is 20.5. The Morgan fingerprint density at radius 2 is 1.87 bits per heavy atom. The van der Waals surface area contributed by atoms with Gasteiger partial charge in [0.2, 0.25) is 17.6 Å². The summed E-state index contributed by atoms with van der Waals surface area (Å²) in [7, 11) is 1.65. The van der Waals surface area contributed by atoms with Gasteiger partial charge in [-0.15, -0.1) is 0 Å². The van der Waals surface area contributed by atoms with Gasteiger partial charge in [0.1, 0.15) is 5.75 Å². The lowest BCUT2D eigenvalue weighted by Gasteiger charge is -2.27. The number of rotatable bonds is 6. The van der Waals surface area contributed by atoms with Crippen molar-refractivity contribution in [2.75, 3.05) is 7.11 Å². The van der Waals surface area contributed by atoms with E-state index in [4.69, 9.17) is 9.26 Å². The van der Waals surface area contributed by atoms with Crippen molar-refractivity contribution in [1.29, 1.82) is 0 Å². The number of methoxy groups -OCH3 is 1. The molecule has 1 amide bonds. The van der Waals surface area contributed by atoms with Crippen molar-refractivity contribution in [2.45, 2.75) is 31.7 Å². The number of ether oxygens (including phenoxy) is 1. The fourth-order valence-corrected chi connectivity index (χ4v) is 5.25. The van der Waals surface area contributed by atoms with Crippen molar-refractivity contribution in [3.63, 3.8) is 0 Å². The number of fused-ring (bicyclic) bond motifs is 2. The molecule has 5 rings (SSSR count). The van der Waals surface area contributed by atoms with Gasteiger partial charge in [-0.05, 0) is 37.2 Å². The first-order valence-electron chi connectivity index (χ1n) is 10.5. The highest BCUT2D eigenvalue weighted by Gasteiger charge is 2.53. The van der Waals surface area contributed by atoms with E-state index in [0.29, 0.717) is 30.1 Å². The average molecular weight is 403 g/mol. The number of nitrogens with one attached hydrogen (secondary N) is 1. The van der Waals surface area contributed by atoms with Crippen LogP contribution in [0.2, 0.25) is 0 Å². The number of carbonyl (C=O) groups excluding carboxylic acids is 1. The number of aromatic nitrogens is 2. The minimum Gasteiger partial charge on any atom is -0.496 e. The zero-order valence-electron chi connectivity index (χ0n) is 17.0. The first-order chi connectivity index (χ1) is 14.7. The number of hydrogen-bond donors (Lipinski definition) is 1. The van der Waals surface area contributed by atoms with Crippen molar-refractivity contribution in [3.05, 3.63) is 66.1 Å². The molecule has 0 spiro atoms. The standard InChI is InChI=1S/C24H25N3O3/c1-29-19-10-6-5-9-18(19)14-25-23(28)20-16-11-12-17(13-16)21(20)24-26-22(27-30-24)15-7-3-2-4-8-15/h2-10,16-17,20-21H,11-14H2,1H3,(H,25,28)/t16-,17+,20-,21-/m0/s1. The maximum absolute atomic E-state index is 13.2. The van der Waals surface area contributed by atoms with E-state index in [2.05, 4.69) is 15.5 Å². The molecule has 2 aliphatic carbocycles. The molecular formula is C24H25N3O3. The first kappa shape index (κ1) is 18.9. The van der Waals surface area contributed by atoms with Crippen LogP contribution >= 0.6 is 0 Å². The molecule has 2 fully saturated rings. The van der Waals surface area contributed by atoms with E-state index in [1.54, 1.807) is 7.11 Å². The lowest BCUT2D eigenvalue weighted by molar-refractivity contribution is -0.127. The van der Waals surface area contributed by atoms with E-state index in [1.165, 1.54) is 0 Å². The van der Waals surface area contributed by atoms with Crippen LogP contribution in [0, 0.1) is 17.8 Å². The zero-order valence-corrected chi connectivity index (χ0v) is 17.0. The molecule has 2 bridgehead atoms. The topological polar surface area (TPSA) is 77.2 Å². The van der Waals surface area contributed by atoms with E-state index in [1.807, 2.05) is 54.6 Å². The molecule has 0 aliphatic heterocycles. The lowest BCUT2D eigenvalue weighted by atomic mass is 9.78. The van der Waals surface area contributed by atoms with Crippen molar-refractivity contribution in [2.24, 2.45) is 17.8 Å². The molecule has 3 aromatic rings. The second-order valence-electron chi connectivity index (χ2n) is 8.24. The summed E-state index contributed by atoms with van der Waals surface area (Å²) in [5.41, 5.74) is 1.89. The molecule has 1 heterocycles. The molecule has 6 heteroatoms. The summed E-state index contributed by atoms with van der Waals surface area (Å²) in [6.07, 6.45) is 3.27. The monoisotopic (exact) mass is 403 g/mol. The van der Waals surface area contributed by atoms with Gasteiger partial charge in [-0.1, -0.05) is 53.7 Å². The number of nitrogens with zero attached hydrogens (tertiary/aromatic N) is 2. The van der Waals surface area contributed by atoms with Crippen LogP contribution in [0.1, 0.15) is 36.6 Å². The molecule has 0 radical (unpaired) electrons. The van der Waals surface area contributed by atoms with Crippen LogP contribution in [-0.2, 0) is 11.3 Å². The Morgan fingerprint density at radius 3 is 2.70 bits per heavy atom. The Labute approximate surface area is 175 Å². The van der Waals surface area contributed by atoms with Crippen LogP contribution in [0.3, 0.4) is 0 Å². The molecule has 1 N–H and O–H groups in total. The Kier molecular flexibility index (Phi) is 4.99. The van der Waals surface area contributed by atoms with E-state index in [-0.39, 0.29) is 17.7 Å². The minimum atomic E-state index is -0.123. The highest BCUT2D eigenvalue weighted by Crippen LogP contribution is 2.56. The van der Waals surface area contributed by atoms with Crippen LogP contribution in [0.25, 0.3) is 11.4 Å². The molecule has 2 aromatic carbocycles. The van der Waals surface area contributed by atoms with Gasteiger partial charge in [0.15, 0.2) is 0 Å². The largest absolute Gasteiger partial charge is 0.496 e. The van der Waals surface area contributed by atoms with Gasteiger partial charge >= 0.3 is 0 Å². The number of para-hydroxylation sites is 1. The van der Waals surface area contributed by atoms with Gasteiger partial charge in [0.05, 0.1) is 18.9 Å². The lowest BCUT2D eigenvalue weighted by Crippen LogP contribution is -2.37. The molecule has 1 aromatic heterocycles. The van der Waals surface area contributed by atoms with Gasteiger partial charge in [-0.3, -0.25) is 4.79 Å². The second kappa shape index (κ2) is 7.94. The molecule has 4 atom stereocenters. The third kappa shape index (κ3) is 3.36. The van der Waals surface area contributed by atoms with E-state index in [0.717, 1.165) is 36.1 Å². The van der Waals surface area contributed by atoms with Crippen molar-refractivity contribution < 1.29 is 14.1 Å². The molecule has 154 valence electrons. The van der Waals surface area contributed by atoms with Crippen LogP contribution in [0.5, 0.6) is 5.75 Å². The summed E-state index contributed by atoms with van der Waals surface area (Å²) in [6, 6.07) is 17.6. The van der Waals surface area contributed by atoms with Gasteiger partial charge in [0, 0.05) is 17.7 Å². The Bertz CT molecular complexity index is 1030. The highest BCUT2D eigenvalue weighted by molar-refractivity contribution is 5.80.